The molecule has 7 nitrogen and oxygen atoms in total. The van der Waals surface area contributed by atoms with Gasteiger partial charge in [0.1, 0.15) is 5.76 Å². The maximum atomic E-state index is 12.7. The van der Waals surface area contributed by atoms with Gasteiger partial charge in [0.25, 0.3) is 5.91 Å². The molecule has 1 aliphatic heterocycles. The van der Waals surface area contributed by atoms with Gasteiger partial charge in [-0.2, -0.15) is 0 Å². The van der Waals surface area contributed by atoms with Crippen LogP contribution in [0.2, 0.25) is 0 Å². The van der Waals surface area contributed by atoms with E-state index in [0.29, 0.717) is 12.2 Å². The van der Waals surface area contributed by atoms with E-state index in [-0.39, 0.29) is 17.7 Å². The van der Waals surface area contributed by atoms with Gasteiger partial charge in [-0.3, -0.25) is 9.78 Å². The van der Waals surface area contributed by atoms with Gasteiger partial charge < -0.3 is 13.9 Å². The number of carbonyl (C=O) groups is 1. The third kappa shape index (κ3) is 2.79. The molecule has 7 heteroatoms. The quantitative estimate of drug-likeness (QED) is 0.715. The molecule has 134 valence electrons. The highest BCUT2D eigenvalue weighted by molar-refractivity contribution is 5.92. The van der Waals surface area contributed by atoms with Crippen LogP contribution in [0.3, 0.4) is 0 Å². The van der Waals surface area contributed by atoms with Gasteiger partial charge in [-0.05, 0) is 39.7 Å². The number of aromatic nitrogens is 3. The number of hydrogen-bond acceptors (Lipinski definition) is 6. The summed E-state index contributed by atoms with van der Waals surface area (Å²) in [6.45, 7) is 6.30. The first-order valence-corrected chi connectivity index (χ1v) is 8.68. The molecule has 1 atom stereocenters. The summed E-state index contributed by atoms with van der Waals surface area (Å²) in [6, 6.07) is 5.61. The van der Waals surface area contributed by atoms with Crippen molar-refractivity contribution in [2.24, 2.45) is 0 Å². The highest BCUT2D eigenvalue weighted by Gasteiger charge is 2.33. The Morgan fingerprint density at radius 3 is 2.65 bits per heavy atom. The average Bonchev–Trinajstić information content (AvgIpc) is 3.35. The largest absolute Gasteiger partial charge is 0.361 e. The summed E-state index contributed by atoms with van der Waals surface area (Å²) in [5, 5.41) is 7.80. The number of hydrogen-bond donors (Lipinski definition) is 0. The smallest absolute Gasteiger partial charge is 0.293 e. The molecule has 0 aromatic carbocycles. The Morgan fingerprint density at radius 2 is 2.04 bits per heavy atom. The summed E-state index contributed by atoms with van der Waals surface area (Å²) in [7, 11) is 0. The van der Waals surface area contributed by atoms with Crippen LogP contribution in [-0.2, 0) is 0 Å². The highest BCUT2D eigenvalue weighted by Crippen LogP contribution is 2.33. The summed E-state index contributed by atoms with van der Waals surface area (Å²) in [5.74, 6) is 0.918. The number of nitrogens with zero attached hydrogens (tertiary/aromatic N) is 4. The molecule has 0 radical (unpaired) electrons. The van der Waals surface area contributed by atoms with Crippen molar-refractivity contribution in [1.82, 2.24) is 20.2 Å². The third-order valence-corrected chi connectivity index (χ3v) is 4.80. The van der Waals surface area contributed by atoms with Crippen molar-refractivity contribution in [3.8, 4) is 11.1 Å². The fraction of sp³-hybridized carbons (Fsp3) is 0.368. The Labute approximate surface area is 151 Å². The lowest BCUT2D eigenvalue weighted by Crippen LogP contribution is -2.30. The lowest BCUT2D eigenvalue weighted by atomic mass is 10.0. The first kappa shape index (κ1) is 16.5. The number of pyridine rings is 1. The SMILES string of the molecule is Cc1cc(C(=O)N2CCC[C@@H]2c2ccc(-c3c(C)noc3C)cn2)on1. The van der Waals surface area contributed by atoms with Crippen LogP contribution in [0, 0.1) is 20.8 Å². The molecule has 0 spiro atoms. The van der Waals surface area contributed by atoms with Crippen LogP contribution in [0.25, 0.3) is 11.1 Å². The third-order valence-electron chi connectivity index (χ3n) is 4.80. The van der Waals surface area contributed by atoms with Gasteiger partial charge in [-0.15, -0.1) is 0 Å². The van der Waals surface area contributed by atoms with Gasteiger partial charge in [0.05, 0.1) is 23.1 Å². The number of aryl methyl sites for hydroxylation is 3. The van der Waals surface area contributed by atoms with E-state index in [1.165, 1.54) is 0 Å². The molecule has 0 unspecified atom stereocenters. The lowest BCUT2D eigenvalue weighted by molar-refractivity contribution is 0.0690. The minimum Gasteiger partial charge on any atom is -0.361 e. The van der Waals surface area contributed by atoms with E-state index >= 15 is 0 Å². The van der Waals surface area contributed by atoms with Crippen molar-refractivity contribution in [2.75, 3.05) is 6.54 Å². The van der Waals surface area contributed by atoms with Crippen LogP contribution in [-0.4, -0.2) is 32.6 Å². The molecule has 0 N–H and O–H groups in total. The first-order chi connectivity index (χ1) is 12.5. The second-order valence-electron chi connectivity index (χ2n) is 6.66. The lowest BCUT2D eigenvalue weighted by Gasteiger charge is -2.23. The molecule has 1 amide bonds. The summed E-state index contributed by atoms with van der Waals surface area (Å²) in [4.78, 5) is 19.2. The summed E-state index contributed by atoms with van der Waals surface area (Å²) < 4.78 is 10.4. The number of carbonyl (C=O) groups excluding carboxylic acids is 1. The predicted molar refractivity (Wildman–Crippen MR) is 93.5 cm³/mol. The second kappa shape index (κ2) is 6.40. The van der Waals surface area contributed by atoms with Gasteiger partial charge in [-0.1, -0.05) is 16.4 Å². The van der Waals surface area contributed by atoms with Crippen molar-refractivity contribution < 1.29 is 13.8 Å². The molecular weight excluding hydrogens is 332 g/mol. The molecule has 1 saturated heterocycles. The van der Waals surface area contributed by atoms with Gasteiger partial charge in [0.15, 0.2) is 0 Å². The monoisotopic (exact) mass is 352 g/mol. The van der Waals surface area contributed by atoms with Gasteiger partial charge in [-0.25, -0.2) is 0 Å². The van der Waals surface area contributed by atoms with E-state index in [4.69, 9.17) is 9.05 Å². The normalized spacial score (nSPS) is 17.0. The van der Waals surface area contributed by atoms with Crippen LogP contribution in [0.5, 0.6) is 0 Å². The molecule has 0 aliphatic carbocycles. The minimum atomic E-state index is -0.135. The number of rotatable bonds is 3. The van der Waals surface area contributed by atoms with Crippen molar-refractivity contribution >= 4 is 5.91 Å². The zero-order chi connectivity index (χ0) is 18.3. The van der Waals surface area contributed by atoms with Crippen LogP contribution < -0.4 is 0 Å². The topological polar surface area (TPSA) is 85.3 Å². The van der Waals surface area contributed by atoms with Crippen molar-refractivity contribution in [3.63, 3.8) is 0 Å². The summed E-state index contributed by atoms with van der Waals surface area (Å²) in [6.07, 6.45) is 3.65. The number of likely N-dealkylation sites (tertiary alicyclic amines) is 1. The Balaban J connectivity index is 1.59. The first-order valence-electron chi connectivity index (χ1n) is 8.68. The standard InChI is InChI=1S/C19H20N4O3/c1-11-9-17(26-21-11)19(24)23-8-4-5-16(23)15-7-6-14(10-20-15)18-12(2)22-25-13(18)3/h6-7,9-10,16H,4-5,8H2,1-3H3/t16-/m1/s1. The summed E-state index contributed by atoms with van der Waals surface area (Å²) >= 11 is 0. The number of amides is 1. The van der Waals surface area contributed by atoms with Crippen molar-refractivity contribution in [1.29, 1.82) is 0 Å². The summed E-state index contributed by atoms with van der Waals surface area (Å²) in [5.41, 5.74) is 4.36. The maximum Gasteiger partial charge on any atom is 0.293 e. The molecule has 1 fully saturated rings. The Morgan fingerprint density at radius 1 is 1.19 bits per heavy atom. The zero-order valence-electron chi connectivity index (χ0n) is 15.0. The van der Waals surface area contributed by atoms with Crippen molar-refractivity contribution in [3.05, 3.63) is 53.0 Å². The van der Waals surface area contributed by atoms with Crippen LogP contribution >= 0.6 is 0 Å². The highest BCUT2D eigenvalue weighted by atomic mass is 16.5. The second-order valence-corrected chi connectivity index (χ2v) is 6.66. The molecule has 26 heavy (non-hydrogen) atoms. The average molecular weight is 352 g/mol. The van der Waals surface area contributed by atoms with E-state index in [1.54, 1.807) is 13.0 Å². The Bertz CT molecular complexity index is 923. The van der Waals surface area contributed by atoms with E-state index in [0.717, 1.165) is 41.1 Å². The van der Waals surface area contributed by atoms with E-state index < -0.39 is 0 Å². The molecule has 3 aromatic rings. The minimum absolute atomic E-state index is 0.0494. The van der Waals surface area contributed by atoms with Crippen LogP contribution in [0.4, 0.5) is 0 Å². The van der Waals surface area contributed by atoms with Gasteiger partial charge in [0.2, 0.25) is 5.76 Å². The fourth-order valence-electron chi connectivity index (χ4n) is 3.57. The molecule has 4 rings (SSSR count). The van der Waals surface area contributed by atoms with Gasteiger partial charge in [0, 0.05) is 29.9 Å². The molecule has 0 bridgehead atoms. The zero-order valence-corrected chi connectivity index (χ0v) is 15.0. The molecular formula is C19H20N4O3. The molecule has 3 aromatic heterocycles. The van der Waals surface area contributed by atoms with Crippen LogP contribution in [0.1, 0.15) is 52.3 Å². The van der Waals surface area contributed by atoms with Gasteiger partial charge >= 0.3 is 0 Å². The molecule has 1 aliphatic rings. The van der Waals surface area contributed by atoms with E-state index in [2.05, 4.69) is 15.3 Å². The Hall–Kier alpha value is -2.96. The van der Waals surface area contributed by atoms with E-state index in [1.807, 2.05) is 37.1 Å². The Kier molecular flexibility index (Phi) is 4.06. The fourth-order valence-corrected chi connectivity index (χ4v) is 3.57. The molecule has 4 heterocycles. The maximum absolute atomic E-state index is 12.7. The van der Waals surface area contributed by atoms with Crippen molar-refractivity contribution in [2.45, 2.75) is 39.7 Å². The van der Waals surface area contributed by atoms with E-state index in [9.17, 15) is 4.79 Å². The predicted octanol–water partition coefficient (Wildman–Crippen LogP) is 3.63. The van der Waals surface area contributed by atoms with Crippen LogP contribution in [0.15, 0.2) is 33.4 Å². The molecule has 0 saturated carbocycles.